The number of hydrogen-bond donors (Lipinski definition) is 1. The Morgan fingerprint density at radius 3 is 1.88 bits per heavy atom. The van der Waals surface area contributed by atoms with Gasteiger partial charge in [0.05, 0.1) is 10.9 Å². The lowest BCUT2D eigenvalue weighted by Crippen LogP contribution is -2.57. The average Bonchev–Trinajstić information content (AvgIpc) is 3.19. The molecule has 0 fully saturated rings. The molecule has 1 aliphatic rings. The van der Waals surface area contributed by atoms with Crippen molar-refractivity contribution in [2.24, 2.45) is 0 Å². The van der Waals surface area contributed by atoms with E-state index in [0.29, 0.717) is 31.3 Å². The van der Waals surface area contributed by atoms with E-state index in [4.69, 9.17) is 4.74 Å². The molecule has 4 aromatic carbocycles. The second-order valence-electron chi connectivity index (χ2n) is 11.2. The van der Waals surface area contributed by atoms with E-state index in [1.165, 1.54) is 18.2 Å². The van der Waals surface area contributed by atoms with Crippen LogP contribution in [0.5, 0.6) is 5.75 Å². The third kappa shape index (κ3) is 7.38. The molecule has 4 aromatic rings. The van der Waals surface area contributed by atoms with Gasteiger partial charge in [-0.15, -0.1) is 13.2 Å². The molecule has 0 aliphatic carbocycles. The molecule has 0 unspecified atom stereocenters. The molecule has 1 aliphatic heterocycles. The molecule has 0 saturated carbocycles. The lowest BCUT2D eigenvalue weighted by molar-refractivity contribution is -0.361. The molecule has 1 N–H and O–H groups in total. The maximum absolute atomic E-state index is 14.6. The lowest BCUT2D eigenvalue weighted by atomic mass is 9.83. The standard InChI is InChI=1S/C34H30F6N2O6S/c1-47-32(31(43)44,33(35,36)37)28-11-5-4-10-27(28)24(20-41-49(45,46)26-18-16-25(17-19-26)48-34(38,39)40)21-42-29-12-6-2-8-22(29)14-15-23-9-3-7-13-30(23)42/h2-13,16-19,24,41H,14-15,20-21H2,1H3,(H,43,44)/p-1/t24-,32-/m1/s1. The number of carbonyl (C=O) groups excluding carboxylic acids is 1. The van der Waals surface area contributed by atoms with Gasteiger partial charge < -0.3 is 24.3 Å². The second-order valence-corrected chi connectivity index (χ2v) is 13.0. The van der Waals surface area contributed by atoms with Crippen LogP contribution in [-0.4, -0.2) is 47.1 Å². The number of aryl methyl sites for hydroxylation is 2. The smallest absolute Gasteiger partial charge is 0.546 e. The monoisotopic (exact) mass is 707 g/mol. The summed E-state index contributed by atoms with van der Waals surface area (Å²) in [5, 5.41) is 12.3. The zero-order chi connectivity index (χ0) is 35.6. The minimum absolute atomic E-state index is 0.142. The van der Waals surface area contributed by atoms with Crippen LogP contribution in [0.15, 0.2) is 102 Å². The molecule has 49 heavy (non-hydrogen) atoms. The molecule has 0 aromatic heterocycles. The van der Waals surface area contributed by atoms with Crippen LogP contribution in [0.2, 0.25) is 0 Å². The highest BCUT2D eigenvalue weighted by atomic mass is 32.2. The number of sulfonamides is 1. The number of hydrogen-bond acceptors (Lipinski definition) is 7. The summed E-state index contributed by atoms with van der Waals surface area (Å²) >= 11 is 0. The summed E-state index contributed by atoms with van der Waals surface area (Å²) in [5.41, 5.74) is -1.64. The Labute approximate surface area is 277 Å². The van der Waals surface area contributed by atoms with Gasteiger partial charge in [0.1, 0.15) is 5.75 Å². The number of nitrogens with one attached hydrogen (secondary N) is 1. The second kappa shape index (κ2) is 13.7. The maximum Gasteiger partial charge on any atom is 0.573 e. The third-order valence-electron chi connectivity index (χ3n) is 8.29. The number of alkyl halides is 6. The summed E-state index contributed by atoms with van der Waals surface area (Å²) in [7, 11) is -3.89. The Balaban J connectivity index is 1.62. The fourth-order valence-electron chi connectivity index (χ4n) is 6.04. The molecule has 5 rings (SSSR count). The summed E-state index contributed by atoms with van der Waals surface area (Å²) in [5.74, 6) is -4.41. The third-order valence-corrected chi connectivity index (χ3v) is 9.73. The summed E-state index contributed by atoms with van der Waals surface area (Å²) in [4.78, 5) is 13.7. The molecular weight excluding hydrogens is 678 g/mol. The number of benzene rings is 4. The molecule has 0 amide bonds. The molecule has 0 spiro atoms. The number of ether oxygens (including phenoxy) is 2. The van der Waals surface area contributed by atoms with E-state index in [9.17, 15) is 44.7 Å². The van der Waals surface area contributed by atoms with Crippen molar-refractivity contribution in [3.63, 3.8) is 0 Å². The van der Waals surface area contributed by atoms with Crippen LogP contribution >= 0.6 is 0 Å². The van der Waals surface area contributed by atoms with Crippen molar-refractivity contribution in [1.29, 1.82) is 0 Å². The number of methoxy groups -OCH3 is 1. The van der Waals surface area contributed by atoms with E-state index in [-0.39, 0.29) is 12.1 Å². The lowest BCUT2D eigenvalue weighted by Gasteiger charge is -2.39. The van der Waals surface area contributed by atoms with Gasteiger partial charge in [-0.1, -0.05) is 60.7 Å². The van der Waals surface area contributed by atoms with E-state index in [1.807, 2.05) is 41.3 Å². The van der Waals surface area contributed by atoms with Crippen LogP contribution in [0.3, 0.4) is 0 Å². The van der Waals surface area contributed by atoms with Gasteiger partial charge in [0.25, 0.3) is 0 Å². The number of fused-ring (bicyclic) bond motifs is 2. The minimum Gasteiger partial charge on any atom is -0.546 e. The quantitative estimate of drug-likeness (QED) is 0.198. The predicted octanol–water partition coefficient (Wildman–Crippen LogP) is 5.74. The fourth-order valence-corrected chi connectivity index (χ4v) is 7.12. The van der Waals surface area contributed by atoms with Crippen LogP contribution in [0.4, 0.5) is 37.7 Å². The first kappa shape index (κ1) is 35.7. The van der Waals surface area contributed by atoms with Crippen molar-refractivity contribution in [3.8, 4) is 5.75 Å². The zero-order valence-corrected chi connectivity index (χ0v) is 26.5. The Morgan fingerprint density at radius 1 is 0.837 bits per heavy atom. The Kier molecular flexibility index (Phi) is 10.00. The van der Waals surface area contributed by atoms with Gasteiger partial charge in [-0.05, 0) is 65.9 Å². The van der Waals surface area contributed by atoms with Crippen molar-refractivity contribution in [2.75, 3.05) is 25.1 Å². The normalized spacial score (nSPS) is 15.4. The number of carbonyl (C=O) groups is 1. The number of carboxylic acid groups (broad SMARTS) is 1. The molecule has 0 bridgehead atoms. The summed E-state index contributed by atoms with van der Waals surface area (Å²) in [6.07, 6.45) is -9.24. The maximum atomic E-state index is 14.6. The largest absolute Gasteiger partial charge is 0.573 e. The fraction of sp³-hybridized carbons (Fsp3) is 0.265. The van der Waals surface area contributed by atoms with Gasteiger partial charge in [0.2, 0.25) is 15.6 Å². The van der Waals surface area contributed by atoms with Crippen LogP contribution in [0.25, 0.3) is 0 Å². The topological polar surface area (TPSA) is 108 Å². The molecule has 15 heteroatoms. The van der Waals surface area contributed by atoms with Gasteiger partial charge in [-0.25, -0.2) is 13.1 Å². The van der Waals surface area contributed by atoms with Crippen LogP contribution in [-0.2, 0) is 38.0 Å². The van der Waals surface area contributed by atoms with E-state index in [2.05, 4.69) is 9.46 Å². The zero-order valence-electron chi connectivity index (χ0n) is 25.7. The summed E-state index contributed by atoms with van der Waals surface area (Å²) in [6.45, 7) is -0.706. The number of halogens is 6. The van der Waals surface area contributed by atoms with Crippen LogP contribution in [0, 0.1) is 0 Å². The minimum atomic E-state index is -5.50. The number of rotatable bonds is 11. The van der Waals surface area contributed by atoms with Gasteiger partial charge >= 0.3 is 12.5 Å². The predicted molar refractivity (Wildman–Crippen MR) is 165 cm³/mol. The van der Waals surface area contributed by atoms with E-state index in [1.54, 1.807) is 12.1 Å². The summed E-state index contributed by atoms with van der Waals surface area (Å²) in [6, 6.07) is 22.9. The van der Waals surface area contributed by atoms with Crippen molar-refractivity contribution in [1.82, 2.24) is 4.72 Å². The molecule has 2 atom stereocenters. The molecular formula is C34H29F6N2O6S-. The number of carboxylic acids is 1. The highest BCUT2D eigenvalue weighted by Gasteiger charge is 2.59. The number of anilines is 2. The van der Waals surface area contributed by atoms with Crippen molar-refractivity contribution in [2.45, 2.75) is 41.8 Å². The van der Waals surface area contributed by atoms with Crippen molar-refractivity contribution >= 4 is 27.4 Å². The van der Waals surface area contributed by atoms with Crippen LogP contribution in [0.1, 0.15) is 28.2 Å². The van der Waals surface area contributed by atoms with Gasteiger partial charge in [-0.2, -0.15) is 13.2 Å². The summed E-state index contributed by atoms with van der Waals surface area (Å²) < 4.78 is 120. The number of nitrogens with zero attached hydrogens (tertiary/aromatic N) is 1. The van der Waals surface area contributed by atoms with Gasteiger partial charge in [0.15, 0.2) is 0 Å². The van der Waals surface area contributed by atoms with Crippen molar-refractivity contribution < 1.29 is 54.1 Å². The highest BCUT2D eigenvalue weighted by Crippen LogP contribution is 2.45. The average molecular weight is 708 g/mol. The first-order valence-electron chi connectivity index (χ1n) is 14.8. The first-order chi connectivity index (χ1) is 23.1. The number of aliphatic carboxylic acids is 1. The molecule has 260 valence electrons. The Hall–Kier alpha value is -4.60. The highest BCUT2D eigenvalue weighted by molar-refractivity contribution is 7.89. The van der Waals surface area contributed by atoms with Gasteiger partial charge in [-0.3, -0.25) is 0 Å². The van der Waals surface area contributed by atoms with E-state index in [0.717, 1.165) is 41.5 Å². The SMILES string of the molecule is CO[C@@](C(=O)[O-])(c1ccccc1[C@H](CNS(=O)(=O)c1ccc(OC(F)(F)F)cc1)CN1c2ccccc2CCc2ccccc21)C(F)(F)F. The van der Waals surface area contributed by atoms with Crippen molar-refractivity contribution in [3.05, 3.63) is 119 Å². The van der Waals surface area contributed by atoms with E-state index < -0.39 is 62.8 Å². The van der Waals surface area contributed by atoms with E-state index >= 15 is 0 Å². The van der Waals surface area contributed by atoms with Gasteiger partial charge in [0, 0.05) is 43.1 Å². The molecule has 1 heterocycles. The molecule has 0 radical (unpaired) electrons. The molecule has 8 nitrogen and oxygen atoms in total. The molecule has 0 saturated heterocycles. The Bertz CT molecular complexity index is 1870. The Morgan fingerprint density at radius 2 is 1.37 bits per heavy atom. The number of para-hydroxylation sites is 2. The van der Waals surface area contributed by atoms with Crippen LogP contribution < -0.4 is 19.5 Å². The first-order valence-corrected chi connectivity index (χ1v) is 16.3.